The highest BCUT2D eigenvalue weighted by Gasteiger charge is 2.57. The van der Waals surface area contributed by atoms with Crippen molar-refractivity contribution in [1.29, 1.82) is 0 Å². The molecule has 4 rings (SSSR count). The number of nitrogens with zero attached hydrogens (tertiary/aromatic N) is 1. The number of aliphatic hydroxyl groups excluding tert-OH is 1. The van der Waals surface area contributed by atoms with E-state index in [2.05, 4.69) is 5.09 Å². The van der Waals surface area contributed by atoms with Gasteiger partial charge in [0.15, 0.2) is 17.7 Å². The molecule has 1 saturated heterocycles. The van der Waals surface area contributed by atoms with Crippen molar-refractivity contribution >= 4 is 25.4 Å². The molecule has 2 aliphatic rings. The lowest BCUT2D eigenvalue weighted by atomic mass is 9.97. The molecule has 0 aliphatic carbocycles. The Morgan fingerprint density at radius 2 is 1.74 bits per heavy atom. The summed E-state index contributed by atoms with van der Waals surface area (Å²) in [7, 11) is -4.43. The van der Waals surface area contributed by atoms with E-state index in [9.17, 15) is 28.4 Å². The van der Waals surface area contributed by atoms with Crippen molar-refractivity contribution in [3.8, 4) is 16.9 Å². The third-order valence-electron chi connectivity index (χ3n) is 6.73. The van der Waals surface area contributed by atoms with Gasteiger partial charge in [-0.25, -0.2) is 13.3 Å². The second-order valence-corrected chi connectivity index (χ2v) is 12.3. The summed E-state index contributed by atoms with van der Waals surface area (Å²) < 4.78 is 64.9. The number of ketones is 1. The van der Waals surface area contributed by atoms with Crippen LogP contribution >= 0.6 is 7.75 Å². The first-order chi connectivity index (χ1) is 20.2. The van der Waals surface area contributed by atoms with Gasteiger partial charge in [-0.15, -0.1) is 0 Å². The number of carbonyl (C=O) groups is 3. The zero-order valence-corrected chi connectivity index (χ0v) is 24.8. The fraction of sp³-hybridized carbons (Fsp3) is 0.414. The Morgan fingerprint density at radius 3 is 2.33 bits per heavy atom. The Balaban J connectivity index is 1.52. The molecule has 2 aliphatic heterocycles. The van der Waals surface area contributed by atoms with Gasteiger partial charge in [0.2, 0.25) is 5.91 Å². The monoisotopic (exact) mass is 622 g/mol. The summed E-state index contributed by atoms with van der Waals surface area (Å²) in [6.07, 6.45) is -3.61. The van der Waals surface area contributed by atoms with Crippen LogP contribution in [0.1, 0.15) is 34.1 Å². The average Bonchev–Trinajstić information content (AvgIpc) is 3.16. The van der Waals surface area contributed by atoms with Gasteiger partial charge in [0.25, 0.3) is 0 Å². The van der Waals surface area contributed by atoms with Crippen LogP contribution in [0.15, 0.2) is 60.8 Å². The molecule has 2 N–H and O–H groups in total. The largest absolute Gasteiger partial charge is 0.462 e. The van der Waals surface area contributed by atoms with Gasteiger partial charge in [-0.1, -0.05) is 24.3 Å². The van der Waals surface area contributed by atoms with Crippen LogP contribution in [0, 0.1) is 5.82 Å². The highest BCUT2D eigenvalue weighted by molar-refractivity contribution is 7.52. The number of ether oxygens (including phenoxy) is 2. The van der Waals surface area contributed by atoms with Gasteiger partial charge >= 0.3 is 13.7 Å². The summed E-state index contributed by atoms with van der Waals surface area (Å²) in [4.78, 5) is 37.2. The van der Waals surface area contributed by atoms with Crippen molar-refractivity contribution in [2.45, 2.75) is 70.4 Å². The number of aliphatic hydroxyl groups is 1. The van der Waals surface area contributed by atoms with Crippen LogP contribution in [0.25, 0.3) is 11.1 Å². The molecule has 0 radical (unpaired) electrons. The molecule has 0 spiro atoms. The van der Waals surface area contributed by atoms with E-state index in [1.54, 1.807) is 38.1 Å². The number of rotatable bonds is 11. The maximum Gasteiger partial charge on any atom is 0.459 e. The fourth-order valence-corrected chi connectivity index (χ4v) is 5.98. The number of hydrogen-bond acceptors (Lipinski definition) is 9. The molecule has 232 valence electrons. The molecule has 2 aromatic rings. The number of allylic oxidation sites excluding steroid dienone is 1. The number of hydrogen-bond donors (Lipinski definition) is 2. The van der Waals surface area contributed by atoms with Crippen LogP contribution in [0.2, 0.25) is 0 Å². The van der Waals surface area contributed by atoms with E-state index in [0.717, 1.165) is 29.7 Å². The highest BCUT2D eigenvalue weighted by Crippen LogP contribution is 2.47. The lowest BCUT2D eigenvalue weighted by molar-refractivity contribution is -0.150. The molecule has 0 aromatic heterocycles. The second-order valence-electron chi connectivity index (χ2n) is 10.6. The first kappa shape index (κ1) is 32.4. The number of esters is 1. The molecule has 1 amide bonds. The predicted molar refractivity (Wildman–Crippen MR) is 150 cm³/mol. The van der Waals surface area contributed by atoms with Crippen LogP contribution in [0.5, 0.6) is 5.75 Å². The summed E-state index contributed by atoms with van der Waals surface area (Å²) in [6.45, 7) is 5.02. The highest BCUT2D eigenvalue weighted by atomic mass is 31.2. The molecule has 14 heteroatoms. The van der Waals surface area contributed by atoms with Gasteiger partial charge in [-0.05, 0) is 69.2 Å². The number of amides is 1. The summed E-state index contributed by atoms with van der Waals surface area (Å²) in [5, 5.41) is 13.2. The van der Waals surface area contributed by atoms with Crippen LogP contribution in [0.4, 0.5) is 8.78 Å². The zero-order chi connectivity index (χ0) is 31.5. The molecule has 11 nitrogen and oxygen atoms in total. The fourth-order valence-electron chi connectivity index (χ4n) is 4.48. The standard InChI is InChI=1S/C29H33F2N2O9P/c1-17(2)40-27(37)18(3)32-43(38,42-23-11-7-20(8-12-23)19-5-9-21(30)10-6-19)39-16-24-26(36)29(4,31)28(41-24)33-14-13-22(34)15-25(33)35/h5-14,17-18,24,26,28,36H,15-16H2,1-4H3,(H,32,38)/t18-,24+,26+,28+,29+,43?/m0/s1. The van der Waals surface area contributed by atoms with Gasteiger partial charge in [-0.2, -0.15) is 5.09 Å². The normalized spacial score (nSPS) is 26.0. The minimum absolute atomic E-state index is 0.0703. The maximum absolute atomic E-state index is 15.6. The Labute approximate surface area is 247 Å². The van der Waals surface area contributed by atoms with Crippen molar-refractivity contribution in [3.63, 3.8) is 0 Å². The Bertz CT molecular complexity index is 1420. The lowest BCUT2D eigenvalue weighted by Crippen LogP contribution is -2.51. The summed E-state index contributed by atoms with van der Waals surface area (Å²) in [5.74, 6) is -2.23. The zero-order valence-electron chi connectivity index (χ0n) is 23.9. The van der Waals surface area contributed by atoms with Gasteiger partial charge in [0.1, 0.15) is 29.8 Å². The minimum atomic E-state index is -4.43. The van der Waals surface area contributed by atoms with Crippen molar-refractivity contribution < 1.29 is 51.4 Å². The molecule has 0 bridgehead atoms. The molecule has 43 heavy (non-hydrogen) atoms. The summed E-state index contributed by atoms with van der Waals surface area (Å²) in [6, 6.07) is 10.9. The van der Waals surface area contributed by atoms with E-state index in [4.69, 9.17) is 18.5 Å². The quantitative estimate of drug-likeness (QED) is 0.214. The molecular formula is C29H33F2N2O9P. The van der Waals surface area contributed by atoms with E-state index in [1.165, 1.54) is 31.2 Å². The Kier molecular flexibility index (Phi) is 9.83. The Hall–Kier alpha value is -3.48. The second kappa shape index (κ2) is 13.0. The van der Waals surface area contributed by atoms with E-state index >= 15 is 4.39 Å². The van der Waals surface area contributed by atoms with E-state index in [-0.39, 0.29) is 11.6 Å². The number of halogens is 2. The maximum atomic E-state index is 15.6. The molecule has 6 atom stereocenters. The molecule has 2 heterocycles. The van der Waals surface area contributed by atoms with Gasteiger partial charge in [0, 0.05) is 6.20 Å². The SMILES string of the molecule is CC(C)OC(=O)[C@H](C)NP(=O)(OC[C@H]1O[C@@H](N2C=CC(=O)CC2=O)[C@](C)(F)[C@@H]1O)Oc1ccc(-c2ccc(F)cc2)cc1. The molecular weight excluding hydrogens is 589 g/mol. The number of nitrogens with one attached hydrogen (secondary N) is 1. The van der Waals surface area contributed by atoms with Crippen LogP contribution in [-0.4, -0.2) is 70.5 Å². The topological polar surface area (TPSA) is 141 Å². The third kappa shape index (κ3) is 7.73. The lowest BCUT2D eigenvalue weighted by Gasteiger charge is -2.32. The number of alkyl halides is 1. The number of benzene rings is 2. The van der Waals surface area contributed by atoms with Crippen molar-refractivity contribution in [1.82, 2.24) is 9.99 Å². The van der Waals surface area contributed by atoms with E-state index in [0.29, 0.717) is 5.56 Å². The number of carbonyl (C=O) groups excluding carboxylic acids is 3. The smallest absolute Gasteiger partial charge is 0.459 e. The Morgan fingerprint density at radius 1 is 1.14 bits per heavy atom. The molecule has 2 aromatic carbocycles. The van der Waals surface area contributed by atoms with Gasteiger partial charge in [-0.3, -0.25) is 23.8 Å². The van der Waals surface area contributed by atoms with E-state index < -0.39 is 74.7 Å². The van der Waals surface area contributed by atoms with Gasteiger partial charge in [0.05, 0.1) is 19.1 Å². The molecule has 0 saturated carbocycles. The minimum Gasteiger partial charge on any atom is -0.462 e. The van der Waals surface area contributed by atoms with Crippen molar-refractivity contribution in [3.05, 3.63) is 66.6 Å². The third-order valence-corrected chi connectivity index (χ3v) is 8.37. The summed E-state index contributed by atoms with van der Waals surface area (Å²) >= 11 is 0. The van der Waals surface area contributed by atoms with Crippen molar-refractivity contribution in [2.24, 2.45) is 0 Å². The summed E-state index contributed by atoms with van der Waals surface area (Å²) in [5.41, 5.74) is -1.06. The van der Waals surface area contributed by atoms with Crippen LogP contribution in [-0.2, 0) is 32.9 Å². The first-order valence-corrected chi connectivity index (χ1v) is 15.1. The van der Waals surface area contributed by atoms with E-state index in [1.807, 2.05) is 0 Å². The van der Waals surface area contributed by atoms with Crippen LogP contribution < -0.4 is 9.61 Å². The van der Waals surface area contributed by atoms with Gasteiger partial charge < -0.3 is 19.1 Å². The van der Waals surface area contributed by atoms with Crippen molar-refractivity contribution in [2.75, 3.05) is 6.61 Å². The average molecular weight is 623 g/mol. The predicted octanol–water partition coefficient (Wildman–Crippen LogP) is 4.06. The first-order valence-electron chi connectivity index (χ1n) is 13.5. The molecule has 1 unspecified atom stereocenters. The van der Waals surface area contributed by atoms with Crippen LogP contribution in [0.3, 0.4) is 0 Å². The molecule has 1 fully saturated rings.